The number of halogens is 1. The van der Waals surface area contributed by atoms with Gasteiger partial charge in [0.2, 0.25) is 5.13 Å². The molecule has 2 heterocycles. The molecule has 0 aromatic carbocycles. The van der Waals surface area contributed by atoms with Crippen LogP contribution in [0, 0.1) is 2.88 Å². The molecule has 1 N–H and O–H groups in total. The predicted octanol–water partition coefficient (Wildman–Crippen LogP) is 2.86. The minimum atomic E-state index is 0.899. The van der Waals surface area contributed by atoms with E-state index < -0.39 is 0 Å². The van der Waals surface area contributed by atoms with Crippen LogP contribution in [-0.2, 0) is 6.42 Å². The standard InChI is InChI=1S/C8H8IN3S2/c9-7-2-1-6(13-7)3-4-10-8-11-5-12-14-8/h1-2,5H,3-4H2,(H,10,11,12). The van der Waals surface area contributed by atoms with Gasteiger partial charge in [0.15, 0.2) is 0 Å². The minimum absolute atomic E-state index is 0.899. The van der Waals surface area contributed by atoms with Crippen molar-refractivity contribution >= 4 is 50.6 Å². The second-order valence-corrected chi connectivity index (χ2v) is 6.47. The number of aromatic nitrogens is 2. The van der Waals surface area contributed by atoms with Crippen LogP contribution >= 0.6 is 45.5 Å². The van der Waals surface area contributed by atoms with Crippen molar-refractivity contribution in [2.75, 3.05) is 11.9 Å². The van der Waals surface area contributed by atoms with Crippen LogP contribution in [0.3, 0.4) is 0 Å². The zero-order valence-corrected chi connectivity index (χ0v) is 11.0. The van der Waals surface area contributed by atoms with Gasteiger partial charge in [-0.05, 0) is 41.1 Å². The first-order chi connectivity index (χ1) is 6.84. The van der Waals surface area contributed by atoms with Crippen LogP contribution in [0.15, 0.2) is 18.5 Å². The Hall–Kier alpha value is -0.210. The minimum Gasteiger partial charge on any atom is -0.360 e. The highest BCUT2D eigenvalue weighted by Gasteiger charge is 1.98. The Balaban J connectivity index is 1.78. The summed E-state index contributed by atoms with van der Waals surface area (Å²) < 4.78 is 5.26. The summed E-state index contributed by atoms with van der Waals surface area (Å²) in [6.45, 7) is 0.922. The summed E-state index contributed by atoms with van der Waals surface area (Å²) in [6.07, 6.45) is 2.62. The molecule has 0 bridgehead atoms. The number of thiophene rings is 1. The summed E-state index contributed by atoms with van der Waals surface area (Å²) in [6, 6.07) is 4.32. The van der Waals surface area contributed by atoms with Crippen LogP contribution in [0.1, 0.15) is 4.88 Å². The third-order valence-corrected chi connectivity index (χ3v) is 4.21. The molecule has 2 aromatic heterocycles. The van der Waals surface area contributed by atoms with Gasteiger partial charge in [0, 0.05) is 23.0 Å². The zero-order valence-electron chi connectivity index (χ0n) is 7.24. The average Bonchev–Trinajstić information content (AvgIpc) is 2.77. The lowest BCUT2D eigenvalue weighted by atomic mass is 10.3. The molecular formula is C8H8IN3S2. The van der Waals surface area contributed by atoms with E-state index in [0.29, 0.717) is 0 Å². The largest absolute Gasteiger partial charge is 0.360 e. The maximum absolute atomic E-state index is 4.05. The van der Waals surface area contributed by atoms with Crippen molar-refractivity contribution in [2.45, 2.75) is 6.42 Å². The number of nitrogens with one attached hydrogen (secondary N) is 1. The van der Waals surface area contributed by atoms with Crippen LogP contribution < -0.4 is 5.32 Å². The Morgan fingerprint density at radius 3 is 3.00 bits per heavy atom. The van der Waals surface area contributed by atoms with Crippen LogP contribution in [0.5, 0.6) is 0 Å². The molecule has 14 heavy (non-hydrogen) atoms. The third kappa shape index (κ3) is 2.89. The normalized spacial score (nSPS) is 10.4. The van der Waals surface area contributed by atoms with E-state index in [9.17, 15) is 0 Å². The first-order valence-electron chi connectivity index (χ1n) is 4.09. The second kappa shape index (κ2) is 5.04. The highest BCUT2D eigenvalue weighted by molar-refractivity contribution is 14.1. The van der Waals surface area contributed by atoms with Crippen LogP contribution in [0.4, 0.5) is 5.13 Å². The van der Waals surface area contributed by atoms with Crippen molar-refractivity contribution < 1.29 is 0 Å². The maximum atomic E-state index is 4.05. The smallest absolute Gasteiger partial charge is 0.202 e. The van der Waals surface area contributed by atoms with Crippen molar-refractivity contribution in [3.8, 4) is 0 Å². The Labute approximate surface area is 104 Å². The molecule has 74 valence electrons. The number of hydrogen-bond acceptors (Lipinski definition) is 5. The SMILES string of the molecule is Ic1ccc(CCNc2ncns2)s1. The van der Waals surface area contributed by atoms with Crippen molar-refractivity contribution in [1.29, 1.82) is 0 Å². The average molecular weight is 337 g/mol. The molecule has 0 saturated heterocycles. The fourth-order valence-electron chi connectivity index (χ4n) is 1.03. The lowest BCUT2D eigenvalue weighted by Crippen LogP contribution is -2.02. The Morgan fingerprint density at radius 2 is 2.36 bits per heavy atom. The summed E-state index contributed by atoms with van der Waals surface area (Å²) >= 11 is 5.57. The molecule has 2 aromatic rings. The van der Waals surface area contributed by atoms with E-state index in [1.54, 1.807) is 6.33 Å². The van der Waals surface area contributed by atoms with Crippen molar-refractivity contribution in [3.63, 3.8) is 0 Å². The topological polar surface area (TPSA) is 37.8 Å². The van der Waals surface area contributed by atoms with Gasteiger partial charge >= 0.3 is 0 Å². The van der Waals surface area contributed by atoms with E-state index in [1.165, 1.54) is 19.3 Å². The summed E-state index contributed by atoms with van der Waals surface area (Å²) in [7, 11) is 0. The van der Waals surface area contributed by atoms with Crippen molar-refractivity contribution in [2.24, 2.45) is 0 Å². The molecular weight excluding hydrogens is 329 g/mol. The van der Waals surface area contributed by atoms with Gasteiger partial charge in [-0.25, -0.2) is 4.98 Å². The van der Waals surface area contributed by atoms with Crippen LogP contribution in [-0.4, -0.2) is 15.9 Å². The fourth-order valence-corrected chi connectivity index (χ4v) is 3.24. The van der Waals surface area contributed by atoms with Crippen LogP contribution in [0.2, 0.25) is 0 Å². The molecule has 0 amide bonds. The first kappa shape index (κ1) is 10.3. The van der Waals surface area contributed by atoms with Crippen molar-refractivity contribution in [1.82, 2.24) is 9.36 Å². The molecule has 0 aliphatic heterocycles. The van der Waals surface area contributed by atoms with Gasteiger partial charge < -0.3 is 5.32 Å². The first-order valence-corrected chi connectivity index (χ1v) is 6.76. The number of rotatable bonds is 4. The fraction of sp³-hybridized carbons (Fsp3) is 0.250. The van der Waals surface area contributed by atoms with E-state index >= 15 is 0 Å². The quantitative estimate of drug-likeness (QED) is 0.872. The van der Waals surface area contributed by atoms with Gasteiger partial charge in [-0.3, -0.25) is 0 Å². The predicted molar refractivity (Wildman–Crippen MR) is 69.1 cm³/mol. The second-order valence-electron chi connectivity index (χ2n) is 2.63. The van der Waals surface area contributed by atoms with Gasteiger partial charge in [-0.15, -0.1) is 11.3 Å². The monoisotopic (exact) mass is 337 g/mol. The lowest BCUT2D eigenvalue weighted by Gasteiger charge is -1.98. The molecule has 0 saturated carbocycles. The molecule has 0 radical (unpaired) electrons. The molecule has 0 aliphatic rings. The van der Waals surface area contributed by atoms with Crippen LogP contribution in [0.25, 0.3) is 0 Å². The molecule has 2 rings (SSSR count). The summed E-state index contributed by atoms with van der Waals surface area (Å²) in [5.74, 6) is 0. The van der Waals surface area contributed by atoms with Crippen molar-refractivity contribution in [3.05, 3.63) is 26.2 Å². The number of nitrogens with zero attached hydrogens (tertiary/aromatic N) is 2. The molecule has 0 spiro atoms. The van der Waals surface area contributed by atoms with Gasteiger partial charge in [0.1, 0.15) is 6.33 Å². The summed E-state index contributed by atoms with van der Waals surface area (Å²) in [4.78, 5) is 5.46. The number of hydrogen-bond donors (Lipinski definition) is 1. The molecule has 6 heteroatoms. The maximum Gasteiger partial charge on any atom is 0.202 e. The molecule has 0 fully saturated rings. The Bertz CT molecular complexity index is 385. The van der Waals surface area contributed by atoms with Gasteiger partial charge in [0.05, 0.1) is 2.88 Å². The van der Waals surface area contributed by atoms with E-state index in [2.05, 4.69) is 49.4 Å². The molecule has 0 unspecified atom stereocenters. The van der Waals surface area contributed by atoms with Gasteiger partial charge in [-0.1, -0.05) is 0 Å². The molecule has 0 atom stereocenters. The highest BCUT2D eigenvalue weighted by atomic mass is 127. The van der Waals surface area contributed by atoms with E-state index in [0.717, 1.165) is 18.1 Å². The van der Waals surface area contributed by atoms with E-state index in [-0.39, 0.29) is 0 Å². The Kier molecular flexibility index (Phi) is 3.71. The Morgan fingerprint density at radius 1 is 1.43 bits per heavy atom. The highest BCUT2D eigenvalue weighted by Crippen LogP contribution is 2.18. The van der Waals surface area contributed by atoms with E-state index in [4.69, 9.17) is 0 Å². The van der Waals surface area contributed by atoms with Gasteiger partial charge in [0.25, 0.3) is 0 Å². The summed E-state index contributed by atoms with van der Waals surface area (Å²) in [5.41, 5.74) is 0. The number of anilines is 1. The lowest BCUT2D eigenvalue weighted by molar-refractivity contribution is 1.04. The van der Waals surface area contributed by atoms with E-state index in [1.807, 2.05) is 11.3 Å². The molecule has 0 aliphatic carbocycles. The molecule has 3 nitrogen and oxygen atoms in total. The third-order valence-electron chi connectivity index (χ3n) is 1.64. The summed E-state index contributed by atoms with van der Waals surface area (Å²) in [5, 5.41) is 4.13. The van der Waals surface area contributed by atoms with Gasteiger partial charge in [-0.2, -0.15) is 4.37 Å². The zero-order chi connectivity index (χ0) is 9.80.